The zero-order valence-electron chi connectivity index (χ0n) is 11.4. The van der Waals surface area contributed by atoms with E-state index in [2.05, 4.69) is 9.80 Å². The van der Waals surface area contributed by atoms with Gasteiger partial charge in [-0.25, -0.2) is 0 Å². The zero-order chi connectivity index (χ0) is 12.8. The van der Waals surface area contributed by atoms with Crippen molar-refractivity contribution < 1.29 is 4.79 Å². The highest BCUT2D eigenvalue weighted by atomic mass is 16.2. The number of carbonyl (C=O) groups is 1. The molecule has 2 heterocycles. The summed E-state index contributed by atoms with van der Waals surface area (Å²) >= 11 is 0. The molecule has 4 heteroatoms. The Morgan fingerprint density at radius 1 is 1.06 bits per heavy atom. The van der Waals surface area contributed by atoms with Crippen LogP contribution in [0.2, 0.25) is 0 Å². The van der Waals surface area contributed by atoms with Crippen molar-refractivity contribution in [3.8, 4) is 0 Å². The van der Waals surface area contributed by atoms with Crippen molar-refractivity contribution in [2.45, 2.75) is 38.5 Å². The minimum absolute atomic E-state index is 0.328. The van der Waals surface area contributed by atoms with E-state index < -0.39 is 0 Å². The summed E-state index contributed by atoms with van der Waals surface area (Å²) in [6, 6.07) is 0. The predicted molar refractivity (Wildman–Crippen MR) is 73.3 cm³/mol. The topological polar surface area (TPSA) is 49.6 Å². The molecule has 2 fully saturated rings. The van der Waals surface area contributed by atoms with Gasteiger partial charge in [0.1, 0.15) is 0 Å². The summed E-state index contributed by atoms with van der Waals surface area (Å²) in [4.78, 5) is 16.6. The number of likely N-dealkylation sites (tertiary alicyclic amines) is 2. The maximum absolute atomic E-state index is 12.3. The maximum atomic E-state index is 12.3. The molecule has 2 N–H and O–H groups in total. The van der Waals surface area contributed by atoms with Crippen LogP contribution in [-0.4, -0.2) is 55.0 Å². The molecular weight excluding hydrogens is 226 g/mol. The first-order valence-electron chi connectivity index (χ1n) is 7.50. The van der Waals surface area contributed by atoms with Crippen LogP contribution in [0.3, 0.4) is 0 Å². The number of amides is 1. The number of rotatable bonds is 3. The van der Waals surface area contributed by atoms with Gasteiger partial charge < -0.3 is 10.6 Å². The summed E-state index contributed by atoms with van der Waals surface area (Å²) in [5, 5.41) is 0. The second-order valence-electron chi connectivity index (χ2n) is 5.77. The molecule has 0 radical (unpaired) electrons. The van der Waals surface area contributed by atoms with Crippen molar-refractivity contribution in [2.24, 2.45) is 11.7 Å². The van der Waals surface area contributed by atoms with Crippen molar-refractivity contribution in [2.75, 3.05) is 39.3 Å². The van der Waals surface area contributed by atoms with E-state index in [-0.39, 0.29) is 0 Å². The van der Waals surface area contributed by atoms with E-state index in [1.165, 1.54) is 32.1 Å². The Balaban J connectivity index is 1.76. The average Bonchev–Trinajstić information content (AvgIpc) is 2.76. The lowest BCUT2D eigenvalue weighted by Gasteiger charge is -2.27. The second kappa shape index (κ2) is 7.10. The molecule has 1 atom stereocenters. The van der Waals surface area contributed by atoms with Crippen LogP contribution in [0, 0.1) is 5.92 Å². The van der Waals surface area contributed by atoms with Crippen molar-refractivity contribution >= 4 is 5.91 Å². The summed E-state index contributed by atoms with van der Waals surface area (Å²) in [7, 11) is 0. The van der Waals surface area contributed by atoms with Gasteiger partial charge in [-0.2, -0.15) is 0 Å². The molecule has 4 nitrogen and oxygen atoms in total. The molecule has 1 unspecified atom stereocenters. The highest BCUT2D eigenvalue weighted by molar-refractivity contribution is 5.78. The molecule has 0 aliphatic carbocycles. The fourth-order valence-electron chi connectivity index (χ4n) is 3.04. The molecule has 2 rings (SSSR count). The summed E-state index contributed by atoms with van der Waals surface area (Å²) < 4.78 is 0. The number of carbonyl (C=O) groups excluding carboxylic acids is 1. The molecule has 2 aliphatic heterocycles. The quantitative estimate of drug-likeness (QED) is 0.818. The Hall–Kier alpha value is -0.610. The summed E-state index contributed by atoms with van der Waals surface area (Å²) in [5.74, 6) is 0.930. The first-order valence-corrected chi connectivity index (χ1v) is 7.50. The molecular formula is C14H27N3O. The average molecular weight is 253 g/mol. The summed E-state index contributed by atoms with van der Waals surface area (Å²) in [6.45, 7) is 5.35. The van der Waals surface area contributed by atoms with Crippen LogP contribution in [-0.2, 0) is 4.79 Å². The van der Waals surface area contributed by atoms with E-state index in [4.69, 9.17) is 5.73 Å². The van der Waals surface area contributed by atoms with E-state index >= 15 is 0 Å². The van der Waals surface area contributed by atoms with E-state index in [1.54, 1.807) is 0 Å². The molecule has 1 amide bonds. The van der Waals surface area contributed by atoms with Gasteiger partial charge in [0.05, 0.1) is 6.54 Å². The SMILES string of the molecule is NCC1CCN(CC(=O)N2CCCCCCC2)C1. The van der Waals surface area contributed by atoms with Crippen molar-refractivity contribution in [3.05, 3.63) is 0 Å². The summed E-state index contributed by atoms with van der Waals surface area (Å²) in [5.41, 5.74) is 5.69. The molecule has 0 bridgehead atoms. The lowest BCUT2D eigenvalue weighted by Crippen LogP contribution is -2.41. The Kier molecular flexibility index (Phi) is 5.45. The zero-order valence-corrected chi connectivity index (χ0v) is 11.4. The minimum Gasteiger partial charge on any atom is -0.342 e. The van der Waals surface area contributed by atoms with Crippen LogP contribution >= 0.6 is 0 Å². The molecule has 0 spiro atoms. The molecule has 0 saturated carbocycles. The van der Waals surface area contributed by atoms with Gasteiger partial charge in [0.15, 0.2) is 0 Å². The van der Waals surface area contributed by atoms with Crippen molar-refractivity contribution in [1.29, 1.82) is 0 Å². The fourth-order valence-corrected chi connectivity index (χ4v) is 3.04. The Labute approximate surface area is 110 Å². The summed E-state index contributed by atoms with van der Waals surface area (Å²) in [6.07, 6.45) is 7.41. The van der Waals surface area contributed by atoms with Gasteiger partial charge in [0.25, 0.3) is 0 Å². The third-order valence-corrected chi connectivity index (χ3v) is 4.27. The van der Waals surface area contributed by atoms with Crippen LogP contribution in [0.15, 0.2) is 0 Å². The molecule has 0 aromatic carbocycles. The van der Waals surface area contributed by atoms with Gasteiger partial charge in [0.2, 0.25) is 5.91 Å². The van der Waals surface area contributed by atoms with Crippen molar-refractivity contribution in [3.63, 3.8) is 0 Å². The molecule has 104 valence electrons. The van der Waals surface area contributed by atoms with Gasteiger partial charge in [-0.15, -0.1) is 0 Å². The number of hydrogen-bond donors (Lipinski definition) is 1. The Morgan fingerprint density at radius 3 is 2.33 bits per heavy atom. The number of nitrogens with two attached hydrogens (primary N) is 1. The lowest BCUT2D eigenvalue weighted by atomic mass is 10.1. The monoisotopic (exact) mass is 253 g/mol. The smallest absolute Gasteiger partial charge is 0.236 e. The lowest BCUT2D eigenvalue weighted by molar-refractivity contribution is -0.132. The third kappa shape index (κ3) is 3.95. The molecule has 2 aliphatic rings. The van der Waals surface area contributed by atoms with Crippen molar-refractivity contribution in [1.82, 2.24) is 9.80 Å². The van der Waals surface area contributed by atoms with E-state index in [0.29, 0.717) is 18.4 Å². The normalized spacial score (nSPS) is 26.9. The highest BCUT2D eigenvalue weighted by Crippen LogP contribution is 2.15. The standard InChI is InChI=1S/C14H27N3O/c15-10-13-6-9-16(11-13)12-14(18)17-7-4-2-1-3-5-8-17/h13H,1-12,15H2. The fraction of sp³-hybridized carbons (Fsp3) is 0.929. The van der Waals surface area contributed by atoms with Gasteiger partial charge in [0, 0.05) is 19.6 Å². The first kappa shape index (κ1) is 13.8. The predicted octanol–water partition coefficient (Wildman–Crippen LogP) is 1.06. The Morgan fingerprint density at radius 2 is 1.72 bits per heavy atom. The molecule has 2 saturated heterocycles. The second-order valence-corrected chi connectivity index (χ2v) is 5.77. The third-order valence-electron chi connectivity index (χ3n) is 4.27. The molecule has 0 aromatic rings. The number of nitrogens with zero attached hydrogens (tertiary/aromatic N) is 2. The van der Waals surface area contributed by atoms with E-state index in [0.717, 1.165) is 39.1 Å². The van der Waals surface area contributed by atoms with Gasteiger partial charge in [-0.1, -0.05) is 19.3 Å². The number of hydrogen-bond acceptors (Lipinski definition) is 3. The van der Waals surface area contributed by atoms with E-state index in [1.807, 2.05) is 0 Å². The molecule has 18 heavy (non-hydrogen) atoms. The van der Waals surface area contributed by atoms with Crippen LogP contribution in [0.1, 0.15) is 38.5 Å². The van der Waals surface area contributed by atoms with Crippen LogP contribution in [0.5, 0.6) is 0 Å². The first-order chi connectivity index (χ1) is 8.79. The van der Waals surface area contributed by atoms with Crippen LogP contribution in [0.4, 0.5) is 0 Å². The van der Waals surface area contributed by atoms with Gasteiger partial charge in [-0.3, -0.25) is 9.69 Å². The van der Waals surface area contributed by atoms with E-state index in [9.17, 15) is 4.79 Å². The van der Waals surface area contributed by atoms with Crippen LogP contribution in [0.25, 0.3) is 0 Å². The highest BCUT2D eigenvalue weighted by Gasteiger charge is 2.24. The maximum Gasteiger partial charge on any atom is 0.236 e. The largest absolute Gasteiger partial charge is 0.342 e. The Bertz CT molecular complexity index is 262. The molecule has 0 aromatic heterocycles. The minimum atomic E-state index is 0.328. The van der Waals surface area contributed by atoms with Gasteiger partial charge in [-0.05, 0) is 38.3 Å². The van der Waals surface area contributed by atoms with Gasteiger partial charge >= 0.3 is 0 Å². The van der Waals surface area contributed by atoms with Crippen LogP contribution < -0.4 is 5.73 Å².